The van der Waals surface area contributed by atoms with Gasteiger partial charge in [-0.3, -0.25) is 0 Å². The van der Waals surface area contributed by atoms with Crippen molar-refractivity contribution in [1.82, 2.24) is 0 Å². The van der Waals surface area contributed by atoms with Crippen LogP contribution >= 0.6 is 0 Å². The van der Waals surface area contributed by atoms with Crippen molar-refractivity contribution in [1.29, 1.82) is 0 Å². The normalized spacial score (nSPS) is 17.2. The lowest BCUT2D eigenvalue weighted by Crippen LogP contribution is -2.49. The summed E-state index contributed by atoms with van der Waals surface area (Å²) < 4.78 is 18.5. The van der Waals surface area contributed by atoms with Gasteiger partial charge in [0.2, 0.25) is 0 Å². The molecule has 5 heteroatoms. The maximum Gasteiger partial charge on any atom is 0.192 e. The number of benzene rings is 1. The molecular formula is C22H38O4Si. The van der Waals surface area contributed by atoms with Crippen molar-refractivity contribution in [2.75, 3.05) is 7.11 Å². The van der Waals surface area contributed by atoms with Gasteiger partial charge >= 0.3 is 0 Å². The molecule has 1 aromatic carbocycles. The van der Waals surface area contributed by atoms with Gasteiger partial charge in [0.05, 0.1) is 24.9 Å². The molecule has 0 spiro atoms. The fourth-order valence-corrected chi connectivity index (χ4v) is 4.48. The average Bonchev–Trinajstić information content (AvgIpc) is 2.58. The van der Waals surface area contributed by atoms with Crippen LogP contribution in [0.1, 0.15) is 46.6 Å². The lowest BCUT2D eigenvalue weighted by atomic mass is 9.92. The lowest BCUT2D eigenvalue weighted by molar-refractivity contribution is -0.117. The third-order valence-corrected chi connectivity index (χ3v) is 10.3. The molecule has 4 nitrogen and oxygen atoms in total. The van der Waals surface area contributed by atoms with Crippen LogP contribution in [0.4, 0.5) is 0 Å². The van der Waals surface area contributed by atoms with Gasteiger partial charge in [0.15, 0.2) is 8.32 Å². The van der Waals surface area contributed by atoms with Gasteiger partial charge in [-0.1, -0.05) is 58.0 Å². The molecule has 0 unspecified atom stereocenters. The van der Waals surface area contributed by atoms with E-state index in [1.54, 1.807) is 7.11 Å². The number of hydrogen-bond donors (Lipinski definition) is 0. The highest BCUT2D eigenvalue weighted by molar-refractivity contribution is 6.74. The van der Waals surface area contributed by atoms with Crippen molar-refractivity contribution < 1.29 is 18.7 Å². The molecule has 27 heavy (non-hydrogen) atoms. The third kappa shape index (κ3) is 7.14. The first-order valence-corrected chi connectivity index (χ1v) is 12.7. The number of hydrogen-bond acceptors (Lipinski definition) is 4. The fraction of sp³-hybridized carbons (Fsp3) is 0.682. The Labute approximate surface area is 166 Å². The van der Waals surface area contributed by atoms with Crippen molar-refractivity contribution in [2.45, 2.75) is 84.1 Å². The van der Waals surface area contributed by atoms with E-state index in [9.17, 15) is 4.79 Å². The second-order valence-electron chi connectivity index (χ2n) is 8.88. The first kappa shape index (κ1) is 24.0. The van der Waals surface area contributed by atoms with Crippen molar-refractivity contribution in [2.24, 2.45) is 5.92 Å². The Morgan fingerprint density at radius 1 is 1.11 bits per heavy atom. The molecule has 0 aliphatic rings. The summed E-state index contributed by atoms with van der Waals surface area (Å²) in [4.78, 5) is 11.2. The van der Waals surface area contributed by atoms with Crippen molar-refractivity contribution in [3.8, 4) is 0 Å². The predicted octanol–water partition coefficient (Wildman–Crippen LogP) is 5.22. The Morgan fingerprint density at radius 2 is 1.70 bits per heavy atom. The van der Waals surface area contributed by atoms with Crippen LogP contribution in [0.3, 0.4) is 0 Å². The Kier molecular flexibility index (Phi) is 9.35. The Morgan fingerprint density at radius 3 is 2.19 bits per heavy atom. The highest BCUT2D eigenvalue weighted by Crippen LogP contribution is 2.38. The molecule has 0 aliphatic heterocycles. The van der Waals surface area contributed by atoms with E-state index in [-0.39, 0.29) is 29.3 Å². The molecule has 0 heterocycles. The van der Waals surface area contributed by atoms with E-state index in [1.807, 2.05) is 30.3 Å². The zero-order valence-electron chi connectivity index (χ0n) is 18.3. The Bertz CT molecular complexity index is 553. The molecular weight excluding hydrogens is 356 g/mol. The molecule has 0 fully saturated rings. The maximum atomic E-state index is 11.2. The maximum absolute atomic E-state index is 11.2. The molecule has 1 aromatic rings. The molecule has 154 valence electrons. The van der Waals surface area contributed by atoms with Crippen LogP contribution in [-0.2, 0) is 25.3 Å². The summed E-state index contributed by atoms with van der Waals surface area (Å²) in [5.41, 5.74) is 1.10. The van der Waals surface area contributed by atoms with Crippen molar-refractivity contribution in [3.05, 3.63) is 35.9 Å². The quantitative estimate of drug-likeness (QED) is 0.381. The summed E-state index contributed by atoms with van der Waals surface area (Å²) in [6.07, 6.45) is 0.858. The molecule has 0 amide bonds. The third-order valence-electron chi connectivity index (χ3n) is 5.76. The second-order valence-corrected chi connectivity index (χ2v) is 13.6. The standard InChI is InChI=1S/C22H38O4Si/c1-17(20(14-15-23)25-16-19-12-10-9-11-13-19)21(24-6)18(2)26-27(7,8)22(3,4)5/h9-13,15,17-18,20-21H,14,16H2,1-8H3/t17-,18+,20-,21+/m0/s1. The first-order chi connectivity index (χ1) is 12.5. The monoisotopic (exact) mass is 394 g/mol. The number of carbonyl (C=O) groups is 1. The van der Waals surface area contributed by atoms with E-state index in [2.05, 4.69) is 47.7 Å². The minimum Gasteiger partial charge on any atom is -0.412 e. The smallest absolute Gasteiger partial charge is 0.192 e. The summed E-state index contributed by atoms with van der Waals surface area (Å²) in [5.74, 6) is 0.0312. The largest absolute Gasteiger partial charge is 0.412 e. The molecule has 1 rings (SSSR count). The van der Waals surface area contributed by atoms with Crippen molar-refractivity contribution >= 4 is 14.6 Å². The van der Waals surface area contributed by atoms with Crippen LogP contribution in [0.15, 0.2) is 30.3 Å². The summed E-state index contributed by atoms with van der Waals surface area (Å²) in [6.45, 7) is 15.8. The van der Waals surface area contributed by atoms with Gasteiger partial charge in [-0.05, 0) is 30.6 Å². The SMILES string of the molecule is CO[C@H]([C@@H](C)[C@H](CC=O)OCc1ccccc1)[C@@H](C)O[Si](C)(C)C(C)(C)C. The van der Waals surface area contributed by atoms with E-state index in [0.29, 0.717) is 13.0 Å². The van der Waals surface area contributed by atoms with Gasteiger partial charge in [-0.25, -0.2) is 0 Å². The van der Waals surface area contributed by atoms with Crippen LogP contribution in [0.2, 0.25) is 18.1 Å². The predicted molar refractivity (Wildman–Crippen MR) is 113 cm³/mol. The Balaban J connectivity index is 2.83. The highest BCUT2D eigenvalue weighted by Gasteiger charge is 2.41. The number of carbonyl (C=O) groups excluding carboxylic acids is 1. The van der Waals surface area contributed by atoms with Crippen LogP contribution in [0.25, 0.3) is 0 Å². The molecule has 0 radical (unpaired) electrons. The van der Waals surface area contributed by atoms with E-state index in [1.165, 1.54) is 0 Å². The zero-order valence-corrected chi connectivity index (χ0v) is 19.3. The van der Waals surface area contributed by atoms with Gasteiger partial charge in [-0.2, -0.15) is 0 Å². The molecule has 4 atom stereocenters. The number of methoxy groups -OCH3 is 1. The summed E-state index contributed by atoms with van der Waals surface area (Å²) in [5, 5.41) is 0.134. The fourth-order valence-electron chi connectivity index (χ4n) is 3.06. The van der Waals surface area contributed by atoms with E-state index < -0.39 is 8.32 Å². The molecule has 0 saturated carbocycles. The summed E-state index contributed by atoms with van der Waals surface area (Å²) >= 11 is 0. The molecule has 0 aromatic heterocycles. The molecule has 0 aliphatic carbocycles. The van der Waals surface area contributed by atoms with Crippen LogP contribution in [0.5, 0.6) is 0 Å². The number of ether oxygens (including phenoxy) is 2. The van der Waals surface area contributed by atoms with Gasteiger partial charge in [-0.15, -0.1) is 0 Å². The van der Waals surface area contributed by atoms with Crippen LogP contribution < -0.4 is 0 Å². The van der Waals surface area contributed by atoms with Crippen molar-refractivity contribution in [3.63, 3.8) is 0 Å². The van der Waals surface area contributed by atoms with Gasteiger partial charge < -0.3 is 18.7 Å². The Hall–Kier alpha value is -1.01. The van der Waals surface area contributed by atoms with E-state index in [4.69, 9.17) is 13.9 Å². The highest BCUT2D eigenvalue weighted by atomic mass is 28.4. The van der Waals surface area contributed by atoms with Gasteiger partial charge in [0, 0.05) is 19.4 Å². The van der Waals surface area contributed by atoms with E-state index in [0.717, 1.165) is 11.8 Å². The zero-order chi connectivity index (χ0) is 20.7. The topological polar surface area (TPSA) is 44.8 Å². The molecule has 0 N–H and O–H groups in total. The molecule has 0 saturated heterocycles. The number of aldehydes is 1. The minimum absolute atomic E-state index is 0.0312. The second kappa shape index (κ2) is 10.5. The first-order valence-electron chi connectivity index (χ1n) is 9.83. The van der Waals surface area contributed by atoms with Gasteiger partial charge in [0.1, 0.15) is 6.29 Å². The minimum atomic E-state index is -1.91. The van der Waals surface area contributed by atoms with Crippen LogP contribution in [0, 0.1) is 5.92 Å². The average molecular weight is 395 g/mol. The summed E-state index contributed by atoms with van der Waals surface area (Å²) in [7, 11) is -0.198. The number of rotatable bonds is 11. The lowest BCUT2D eigenvalue weighted by Gasteiger charge is -2.42. The summed E-state index contributed by atoms with van der Waals surface area (Å²) in [6, 6.07) is 10.0. The van der Waals surface area contributed by atoms with Gasteiger partial charge in [0.25, 0.3) is 0 Å². The molecule has 0 bridgehead atoms. The van der Waals surface area contributed by atoms with E-state index >= 15 is 0 Å². The van der Waals surface area contributed by atoms with Crippen LogP contribution in [-0.4, -0.2) is 40.0 Å².